The van der Waals surface area contributed by atoms with E-state index >= 15 is 0 Å². The number of amides is 1. The SMILES string of the molecule is NC(=O)COc1ccc(/C(N)=N/OC(=O)c2cccc(COCC(F)(F)C(F)F)c2)cc1. The lowest BCUT2D eigenvalue weighted by Crippen LogP contribution is -2.32. The molecule has 0 bridgehead atoms. The van der Waals surface area contributed by atoms with E-state index < -0.39 is 37.4 Å². The highest BCUT2D eigenvalue weighted by Crippen LogP contribution is 2.23. The van der Waals surface area contributed by atoms with Crippen LogP contribution in [-0.2, 0) is 21.0 Å². The molecule has 172 valence electrons. The van der Waals surface area contributed by atoms with Gasteiger partial charge >= 0.3 is 18.3 Å². The predicted octanol–water partition coefficient (Wildman–Crippen LogP) is 2.45. The van der Waals surface area contributed by atoms with Gasteiger partial charge in [0.2, 0.25) is 0 Å². The Balaban J connectivity index is 1.93. The van der Waals surface area contributed by atoms with Crippen molar-refractivity contribution in [3.63, 3.8) is 0 Å². The van der Waals surface area contributed by atoms with E-state index in [1.165, 1.54) is 48.5 Å². The highest BCUT2D eigenvalue weighted by atomic mass is 19.3. The molecule has 2 aromatic carbocycles. The number of benzene rings is 2. The first-order valence-corrected chi connectivity index (χ1v) is 8.97. The van der Waals surface area contributed by atoms with Gasteiger partial charge in [-0.25, -0.2) is 13.6 Å². The standard InChI is InChI=1S/C20H19F4N3O5/c21-19(22)20(23,24)11-30-9-12-2-1-3-14(8-12)18(29)32-27-17(26)13-4-6-15(7-5-13)31-10-16(25)28/h1-8,19H,9-11H2,(H2,25,28)(H2,26,27). The lowest BCUT2D eigenvalue weighted by atomic mass is 10.1. The van der Waals surface area contributed by atoms with Gasteiger partial charge in [-0.1, -0.05) is 17.3 Å². The van der Waals surface area contributed by atoms with Gasteiger partial charge in [-0.05, 0) is 42.0 Å². The molecule has 0 spiro atoms. The van der Waals surface area contributed by atoms with Crippen molar-refractivity contribution in [2.45, 2.75) is 19.0 Å². The predicted molar refractivity (Wildman–Crippen MR) is 104 cm³/mol. The van der Waals surface area contributed by atoms with E-state index in [1.807, 2.05) is 0 Å². The third kappa shape index (κ3) is 7.54. The Kier molecular flexibility index (Phi) is 8.53. The molecule has 0 aliphatic rings. The Hall–Kier alpha value is -3.67. The summed E-state index contributed by atoms with van der Waals surface area (Å²) in [6, 6.07) is 11.6. The molecule has 0 aromatic heterocycles. The van der Waals surface area contributed by atoms with Gasteiger partial charge in [0.15, 0.2) is 12.4 Å². The number of hydrogen-bond acceptors (Lipinski definition) is 6. The largest absolute Gasteiger partial charge is 0.484 e. The van der Waals surface area contributed by atoms with Crippen LogP contribution in [0.3, 0.4) is 0 Å². The summed E-state index contributed by atoms with van der Waals surface area (Å²) in [4.78, 5) is 27.6. The molecule has 8 nitrogen and oxygen atoms in total. The number of carbonyl (C=O) groups excluding carboxylic acids is 2. The fourth-order valence-corrected chi connectivity index (χ4v) is 2.23. The maximum atomic E-state index is 12.9. The Morgan fingerprint density at radius 1 is 1.03 bits per heavy atom. The molecule has 0 unspecified atom stereocenters. The van der Waals surface area contributed by atoms with Crippen LogP contribution in [0.2, 0.25) is 0 Å². The first-order valence-electron chi connectivity index (χ1n) is 8.97. The summed E-state index contributed by atoms with van der Waals surface area (Å²) in [5.41, 5.74) is 11.4. The first-order chi connectivity index (χ1) is 15.1. The van der Waals surface area contributed by atoms with E-state index in [9.17, 15) is 27.2 Å². The van der Waals surface area contributed by atoms with Crippen molar-refractivity contribution in [3.8, 4) is 5.75 Å². The number of carbonyl (C=O) groups is 2. The number of rotatable bonds is 11. The molecule has 1 amide bonds. The van der Waals surface area contributed by atoms with Gasteiger partial charge in [-0.15, -0.1) is 0 Å². The topological polar surface area (TPSA) is 126 Å². The van der Waals surface area contributed by atoms with Crippen molar-refractivity contribution in [1.29, 1.82) is 0 Å². The lowest BCUT2D eigenvalue weighted by Gasteiger charge is -2.15. The molecule has 0 aliphatic heterocycles. The first kappa shape index (κ1) is 24.6. The van der Waals surface area contributed by atoms with Crippen molar-refractivity contribution >= 4 is 17.7 Å². The monoisotopic (exact) mass is 457 g/mol. The summed E-state index contributed by atoms with van der Waals surface area (Å²) >= 11 is 0. The van der Waals surface area contributed by atoms with Gasteiger partial charge in [0, 0.05) is 5.56 Å². The molecule has 0 fully saturated rings. The van der Waals surface area contributed by atoms with E-state index in [4.69, 9.17) is 21.0 Å². The molecular formula is C20H19F4N3O5. The normalized spacial score (nSPS) is 12.0. The van der Waals surface area contributed by atoms with E-state index in [1.54, 1.807) is 0 Å². The van der Waals surface area contributed by atoms with Crippen molar-refractivity contribution in [2.24, 2.45) is 16.6 Å². The molecule has 0 aliphatic carbocycles. The molecule has 32 heavy (non-hydrogen) atoms. The van der Waals surface area contributed by atoms with Crippen LogP contribution >= 0.6 is 0 Å². The van der Waals surface area contributed by atoms with Gasteiger partial charge in [0.1, 0.15) is 12.4 Å². The van der Waals surface area contributed by atoms with Crippen LogP contribution < -0.4 is 16.2 Å². The molecule has 4 N–H and O–H groups in total. The number of halogens is 4. The molecule has 0 heterocycles. The number of nitrogens with zero attached hydrogens (tertiary/aromatic N) is 1. The second-order valence-electron chi connectivity index (χ2n) is 6.39. The molecule has 0 atom stereocenters. The number of oxime groups is 1. The van der Waals surface area contributed by atoms with E-state index in [0.717, 1.165) is 0 Å². The van der Waals surface area contributed by atoms with Gasteiger partial charge in [0.25, 0.3) is 5.91 Å². The highest BCUT2D eigenvalue weighted by Gasteiger charge is 2.40. The average Bonchev–Trinajstić information content (AvgIpc) is 2.76. The third-order valence-electron chi connectivity index (χ3n) is 3.80. The number of nitrogens with two attached hydrogens (primary N) is 2. The zero-order chi connectivity index (χ0) is 23.7. The molecule has 2 aromatic rings. The van der Waals surface area contributed by atoms with Crippen LogP contribution in [0.25, 0.3) is 0 Å². The summed E-state index contributed by atoms with van der Waals surface area (Å²) in [6.45, 7) is -2.18. The van der Waals surface area contributed by atoms with E-state index in [0.29, 0.717) is 11.3 Å². The smallest absolute Gasteiger partial charge is 0.365 e. The Bertz CT molecular complexity index is 968. The van der Waals surface area contributed by atoms with Crippen LogP contribution in [-0.4, -0.2) is 43.3 Å². The Morgan fingerprint density at radius 2 is 1.72 bits per heavy atom. The Morgan fingerprint density at radius 3 is 2.34 bits per heavy atom. The van der Waals surface area contributed by atoms with Crippen LogP contribution in [0.5, 0.6) is 5.75 Å². The molecule has 0 radical (unpaired) electrons. The zero-order valence-electron chi connectivity index (χ0n) is 16.5. The maximum Gasteiger partial charge on any atom is 0.365 e. The summed E-state index contributed by atoms with van der Waals surface area (Å²) in [5, 5.41) is 3.53. The Labute approximate surface area is 179 Å². The summed E-state index contributed by atoms with van der Waals surface area (Å²) in [7, 11) is 0. The number of primary amides is 1. The molecule has 0 saturated carbocycles. The van der Waals surface area contributed by atoms with Crippen LogP contribution in [0.15, 0.2) is 53.7 Å². The lowest BCUT2D eigenvalue weighted by molar-refractivity contribution is -0.168. The third-order valence-corrected chi connectivity index (χ3v) is 3.80. The average molecular weight is 457 g/mol. The summed E-state index contributed by atoms with van der Waals surface area (Å²) in [6.07, 6.45) is -3.84. The van der Waals surface area contributed by atoms with Crippen LogP contribution in [0, 0.1) is 0 Å². The zero-order valence-corrected chi connectivity index (χ0v) is 16.5. The summed E-state index contributed by atoms with van der Waals surface area (Å²) < 4.78 is 59.7. The molecule has 0 saturated heterocycles. The second-order valence-corrected chi connectivity index (χ2v) is 6.39. The number of hydrogen-bond donors (Lipinski definition) is 2. The minimum atomic E-state index is -4.27. The maximum absolute atomic E-state index is 12.9. The van der Waals surface area contributed by atoms with Gasteiger partial charge in [-0.3, -0.25) is 4.79 Å². The number of alkyl halides is 4. The molecule has 2 rings (SSSR count). The van der Waals surface area contributed by atoms with Gasteiger partial charge < -0.3 is 25.8 Å². The quantitative estimate of drug-likeness (QED) is 0.176. The van der Waals surface area contributed by atoms with E-state index in [-0.39, 0.29) is 23.6 Å². The van der Waals surface area contributed by atoms with Crippen molar-refractivity contribution < 1.29 is 41.5 Å². The minimum absolute atomic E-state index is 0.0125. The minimum Gasteiger partial charge on any atom is -0.484 e. The van der Waals surface area contributed by atoms with Crippen molar-refractivity contribution in [3.05, 3.63) is 65.2 Å². The van der Waals surface area contributed by atoms with E-state index in [2.05, 4.69) is 9.89 Å². The second kappa shape index (κ2) is 11.1. The fourth-order valence-electron chi connectivity index (χ4n) is 2.23. The molecule has 12 heteroatoms. The molecular weight excluding hydrogens is 438 g/mol. The fraction of sp³-hybridized carbons (Fsp3) is 0.250. The van der Waals surface area contributed by atoms with Gasteiger partial charge in [-0.2, -0.15) is 8.78 Å². The highest BCUT2D eigenvalue weighted by molar-refractivity contribution is 5.98. The van der Waals surface area contributed by atoms with Crippen LogP contribution in [0.4, 0.5) is 17.6 Å². The summed E-state index contributed by atoms with van der Waals surface area (Å²) in [5.74, 6) is -5.57. The number of amidine groups is 1. The van der Waals surface area contributed by atoms with Crippen LogP contribution in [0.1, 0.15) is 21.5 Å². The van der Waals surface area contributed by atoms with Crippen molar-refractivity contribution in [1.82, 2.24) is 0 Å². The number of ether oxygens (including phenoxy) is 2. The van der Waals surface area contributed by atoms with Gasteiger partial charge in [0.05, 0.1) is 12.2 Å². The van der Waals surface area contributed by atoms with Crippen molar-refractivity contribution in [2.75, 3.05) is 13.2 Å².